The Kier molecular flexibility index (Phi) is 3.78. The minimum Gasteiger partial charge on any atom is -0.464 e. The quantitative estimate of drug-likeness (QED) is 0.755. The highest BCUT2D eigenvalue weighted by Gasteiger charge is 2.30. The summed E-state index contributed by atoms with van der Waals surface area (Å²) in [6.45, 7) is 0.882. The number of fused-ring (bicyclic) bond motifs is 1. The highest BCUT2D eigenvalue weighted by molar-refractivity contribution is 9.10. The SMILES string of the molecule is COC(=O)c1nn(C)c2c1CCN(C(=O)c1ccc(Br)o1)C2. The second kappa shape index (κ2) is 5.60. The molecule has 0 fully saturated rings. The summed E-state index contributed by atoms with van der Waals surface area (Å²) in [4.78, 5) is 25.8. The first-order valence-electron chi connectivity index (χ1n) is 6.69. The maximum absolute atomic E-state index is 12.4. The third-order valence-electron chi connectivity index (χ3n) is 3.70. The number of aromatic nitrogens is 2. The fourth-order valence-corrected chi connectivity index (χ4v) is 2.90. The molecule has 1 aliphatic heterocycles. The average molecular weight is 368 g/mol. The van der Waals surface area contributed by atoms with Gasteiger partial charge in [-0.25, -0.2) is 4.79 Å². The second-order valence-corrected chi connectivity index (χ2v) is 5.75. The lowest BCUT2D eigenvalue weighted by Crippen LogP contribution is -2.36. The van der Waals surface area contributed by atoms with Crippen molar-refractivity contribution in [3.8, 4) is 0 Å². The standard InChI is InChI=1S/C14H14BrN3O4/c1-17-9-7-18(13(19)10-3-4-11(15)22-10)6-5-8(9)12(16-17)14(20)21-2/h3-4H,5-7H2,1-2H3. The van der Waals surface area contributed by atoms with E-state index in [2.05, 4.69) is 21.0 Å². The van der Waals surface area contributed by atoms with E-state index >= 15 is 0 Å². The van der Waals surface area contributed by atoms with Crippen LogP contribution in [0.1, 0.15) is 32.3 Å². The first-order valence-corrected chi connectivity index (χ1v) is 7.48. The Balaban J connectivity index is 1.87. The fraction of sp³-hybridized carbons (Fsp3) is 0.357. The first-order chi connectivity index (χ1) is 10.5. The Morgan fingerprint density at radius 2 is 2.18 bits per heavy atom. The van der Waals surface area contributed by atoms with Crippen LogP contribution in [0.3, 0.4) is 0 Å². The number of methoxy groups -OCH3 is 1. The number of furan rings is 1. The molecule has 0 spiro atoms. The molecule has 2 aromatic heterocycles. The van der Waals surface area contributed by atoms with Crippen molar-refractivity contribution < 1.29 is 18.7 Å². The number of hydrogen-bond acceptors (Lipinski definition) is 5. The van der Waals surface area contributed by atoms with Gasteiger partial charge in [-0.1, -0.05) is 0 Å². The predicted octanol–water partition coefficient (Wildman–Crippen LogP) is 1.76. The molecule has 3 heterocycles. The second-order valence-electron chi connectivity index (χ2n) is 4.97. The Labute approximate surface area is 135 Å². The van der Waals surface area contributed by atoms with Gasteiger partial charge in [-0.3, -0.25) is 9.48 Å². The van der Waals surface area contributed by atoms with E-state index in [9.17, 15) is 9.59 Å². The van der Waals surface area contributed by atoms with Gasteiger partial charge in [-0.15, -0.1) is 0 Å². The zero-order valence-electron chi connectivity index (χ0n) is 12.1. The van der Waals surface area contributed by atoms with Crippen LogP contribution in [-0.2, 0) is 24.8 Å². The number of rotatable bonds is 2. The van der Waals surface area contributed by atoms with Gasteiger partial charge in [0, 0.05) is 19.2 Å². The molecule has 1 aliphatic rings. The minimum absolute atomic E-state index is 0.183. The predicted molar refractivity (Wildman–Crippen MR) is 79.4 cm³/mol. The number of esters is 1. The highest BCUT2D eigenvalue weighted by Crippen LogP contribution is 2.24. The van der Waals surface area contributed by atoms with Crippen molar-refractivity contribution >= 4 is 27.8 Å². The number of hydrogen-bond donors (Lipinski definition) is 0. The smallest absolute Gasteiger partial charge is 0.358 e. The van der Waals surface area contributed by atoms with E-state index in [1.807, 2.05) is 0 Å². The molecule has 0 atom stereocenters. The van der Waals surface area contributed by atoms with E-state index in [-0.39, 0.29) is 11.7 Å². The molecule has 0 aliphatic carbocycles. The highest BCUT2D eigenvalue weighted by atomic mass is 79.9. The lowest BCUT2D eigenvalue weighted by molar-refractivity contribution is 0.0591. The molecule has 3 rings (SSSR count). The van der Waals surface area contributed by atoms with E-state index < -0.39 is 5.97 Å². The molecule has 2 aromatic rings. The fourth-order valence-electron chi connectivity index (χ4n) is 2.59. The van der Waals surface area contributed by atoms with Crippen LogP contribution in [0.5, 0.6) is 0 Å². The summed E-state index contributed by atoms with van der Waals surface area (Å²) in [5.41, 5.74) is 2.01. The van der Waals surface area contributed by atoms with Gasteiger partial charge in [0.25, 0.3) is 5.91 Å². The molecule has 0 saturated heterocycles. The van der Waals surface area contributed by atoms with Crippen LogP contribution >= 0.6 is 15.9 Å². The third kappa shape index (κ3) is 2.43. The van der Waals surface area contributed by atoms with Gasteiger partial charge >= 0.3 is 5.97 Å². The monoisotopic (exact) mass is 367 g/mol. The van der Waals surface area contributed by atoms with Gasteiger partial charge in [0.2, 0.25) is 0 Å². The van der Waals surface area contributed by atoms with Gasteiger partial charge in [0.15, 0.2) is 16.1 Å². The average Bonchev–Trinajstić information content (AvgIpc) is 3.10. The molecular weight excluding hydrogens is 354 g/mol. The topological polar surface area (TPSA) is 77.6 Å². The van der Waals surface area contributed by atoms with Crippen molar-refractivity contribution in [2.75, 3.05) is 13.7 Å². The summed E-state index contributed by atoms with van der Waals surface area (Å²) in [6.07, 6.45) is 0.557. The van der Waals surface area contributed by atoms with Gasteiger partial charge in [0.05, 0.1) is 19.3 Å². The minimum atomic E-state index is -0.452. The summed E-state index contributed by atoms with van der Waals surface area (Å²) in [6, 6.07) is 3.31. The zero-order chi connectivity index (χ0) is 15.9. The molecule has 0 unspecified atom stereocenters. The molecule has 7 nitrogen and oxygen atoms in total. The number of ether oxygens (including phenoxy) is 1. The van der Waals surface area contributed by atoms with Crippen LogP contribution in [0.25, 0.3) is 0 Å². The van der Waals surface area contributed by atoms with Crippen LogP contribution in [0, 0.1) is 0 Å². The molecule has 22 heavy (non-hydrogen) atoms. The van der Waals surface area contributed by atoms with Crippen molar-refractivity contribution in [1.82, 2.24) is 14.7 Å². The number of carbonyl (C=O) groups is 2. The number of nitrogens with zero attached hydrogens (tertiary/aromatic N) is 3. The van der Waals surface area contributed by atoms with E-state index in [4.69, 9.17) is 9.15 Å². The normalized spacial score (nSPS) is 13.9. The Bertz CT molecular complexity index is 749. The first kappa shape index (κ1) is 14.8. The lowest BCUT2D eigenvalue weighted by Gasteiger charge is -2.26. The zero-order valence-corrected chi connectivity index (χ0v) is 13.7. The van der Waals surface area contributed by atoms with Crippen molar-refractivity contribution in [2.24, 2.45) is 7.05 Å². The molecule has 0 saturated carbocycles. The van der Waals surface area contributed by atoms with Gasteiger partial charge in [-0.2, -0.15) is 5.10 Å². The van der Waals surface area contributed by atoms with Crippen LogP contribution < -0.4 is 0 Å². The van der Waals surface area contributed by atoms with Gasteiger partial charge in [0.1, 0.15) is 0 Å². The Morgan fingerprint density at radius 3 is 2.82 bits per heavy atom. The van der Waals surface area contributed by atoms with Crippen molar-refractivity contribution in [1.29, 1.82) is 0 Å². The third-order valence-corrected chi connectivity index (χ3v) is 4.12. The van der Waals surface area contributed by atoms with E-state index in [1.54, 1.807) is 28.8 Å². The van der Waals surface area contributed by atoms with Crippen molar-refractivity contribution in [3.63, 3.8) is 0 Å². The van der Waals surface area contributed by atoms with Crippen LogP contribution in [0.4, 0.5) is 0 Å². The summed E-state index contributed by atoms with van der Waals surface area (Å²) in [7, 11) is 3.08. The van der Waals surface area contributed by atoms with Gasteiger partial charge < -0.3 is 14.1 Å². The number of carbonyl (C=O) groups excluding carboxylic acids is 2. The number of halogens is 1. The summed E-state index contributed by atoms with van der Waals surface area (Å²) in [5, 5.41) is 4.21. The van der Waals surface area contributed by atoms with Crippen LogP contribution in [0.2, 0.25) is 0 Å². The summed E-state index contributed by atoms with van der Waals surface area (Å²) < 4.78 is 12.2. The molecule has 116 valence electrons. The molecular formula is C14H14BrN3O4. The van der Waals surface area contributed by atoms with E-state index in [0.717, 1.165) is 11.3 Å². The van der Waals surface area contributed by atoms with Crippen molar-refractivity contribution in [3.05, 3.63) is 39.5 Å². The maximum Gasteiger partial charge on any atom is 0.358 e. The van der Waals surface area contributed by atoms with Gasteiger partial charge in [-0.05, 0) is 34.5 Å². The van der Waals surface area contributed by atoms with Crippen LogP contribution in [-0.4, -0.2) is 40.2 Å². The molecule has 0 aromatic carbocycles. The largest absolute Gasteiger partial charge is 0.464 e. The number of amides is 1. The molecule has 0 bridgehead atoms. The van der Waals surface area contributed by atoms with E-state index in [0.29, 0.717) is 29.9 Å². The van der Waals surface area contributed by atoms with Crippen molar-refractivity contribution in [2.45, 2.75) is 13.0 Å². The van der Waals surface area contributed by atoms with E-state index in [1.165, 1.54) is 7.11 Å². The molecule has 0 N–H and O–H groups in total. The summed E-state index contributed by atoms with van der Waals surface area (Å²) >= 11 is 3.19. The molecule has 1 amide bonds. The number of aryl methyl sites for hydroxylation is 1. The molecule has 0 radical (unpaired) electrons. The Hall–Kier alpha value is -2.09. The molecule has 8 heteroatoms. The summed E-state index contributed by atoms with van der Waals surface area (Å²) in [5.74, 6) is -0.352. The lowest BCUT2D eigenvalue weighted by atomic mass is 10.0. The van der Waals surface area contributed by atoms with Crippen LogP contribution in [0.15, 0.2) is 21.2 Å². The Morgan fingerprint density at radius 1 is 1.41 bits per heavy atom. The maximum atomic E-state index is 12.4.